The number of nitrogens with zero attached hydrogens (tertiary/aromatic N) is 1. The monoisotopic (exact) mass is 146 g/mol. The fraction of sp³-hybridized carbons (Fsp3) is 0.800. The first kappa shape index (κ1) is 6.97. The van der Waals surface area contributed by atoms with Crippen molar-refractivity contribution in [3.05, 3.63) is 0 Å². The van der Waals surface area contributed by atoms with Gasteiger partial charge in [0.15, 0.2) is 0 Å². The van der Waals surface area contributed by atoms with Crippen LogP contribution in [0.5, 0.6) is 0 Å². The second-order valence-electron chi connectivity index (χ2n) is 2.28. The number of hydrogen-bond acceptors (Lipinski definition) is 2. The maximum atomic E-state index is 10.8. The average Bonchev–Trinajstić information content (AvgIpc) is 1.83. The summed E-state index contributed by atoms with van der Waals surface area (Å²) in [7, 11) is 2.43. The van der Waals surface area contributed by atoms with E-state index in [1.54, 1.807) is 4.67 Å². The predicted molar refractivity (Wildman–Crippen MR) is 38.9 cm³/mol. The predicted octanol–water partition coefficient (Wildman–Crippen LogP) is -0.403. The van der Waals surface area contributed by atoms with Gasteiger partial charge in [-0.15, -0.1) is 0 Å². The fourth-order valence-electron chi connectivity index (χ4n) is 0.823. The van der Waals surface area contributed by atoms with Gasteiger partial charge in [0.1, 0.15) is 0 Å². The summed E-state index contributed by atoms with van der Waals surface area (Å²) in [6.07, 6.45) is 0. The Balaban J connectivity index is 2.51. The molecular weight excluding hydrogens is 135 g/mol. The van der Waals surface area contributed by atoms with Crippen molar-refractivity contribution in [1.29, 1.82) is 0 Å². The van der Waals surface area contributed by atoms with Crippen LogP contribution in [0.2, 0.25) is 0 Å². The normalized spacial score (nSPS) is 28.9. The Labute approximate surface area is 57.1 Å². The Morgan fingerprint density at radius 3 is 3.00 bits per heavy atom. The van der Waals surface area contributed by atoms with Crippen molar-refractivity contribution in [3.63, 3.8) is 0 Å². The standard InChI is InChI=1S/C5H11N2OP/c1-4-2-6-3-5(8)7(4)9/h4,6H,2-3,9H2,1H3. The third kappa shape index (κ3) is 1.41. The first-order valence-corrected chi connectivity index (χ1v) is 3.51. The molecule has 4 heteroatoms. The Bertz CT molecular complexity index is 128. The van der Waals surface area contributed by atoms with Crippen LogP contribution in [0.15, 0.2) is 0 Å². The largest absolute Gasteiger partial charge is 0.322 e. The van der Waals surface area contributed by atoms with Crippen LogP contribution in [0, 0.1) is 0 Å². The Kier molecular flexibility index (Phi) is 2.04. The molecule has 1 amide bonds. The van der Waals surface area contributed by atoms with E-state index in [2.05, 4.69) is 14.7 Å². The molecule has 0 spiro atoms. The van der Waals surface area contributed by atoms with Crippen LogP contribution in [0.25, 0.3) is 0 Å². The maximum absolute atomic E-state index is 10.8. The zero-order chi connectivity index (χ0) is 6.85. The van der Waals surface area contributed by atoms with Crippen LogP contribution in [0.4, 0.5) is 0 Å². The van der Waals surface area contributed by atoms with E-state index in [-0.39, 0.29) is 5.91 Å². The van der Waals surface area contributed by atoms with Crippen molar-refractivity contribution in [3.8, 4) is 0 Å². The van der Waals surface area contributed by atoms with E-state index in [4.69, 9.17) is 0 Å². The van der Waals surface area contributed by atoms with Gasteiger partial charge in [0, 0.05) is 12.6 Å². The number of carbonyl (C=O) groups is 1. The topological polar surface area (TPSA) is 32.3 Å². The average molecular weight is 146 g/mol. The fourth-order valence-corrected chi connectivity index (χ4v) is 1.02. The third-order valence-corrected chi connectivity index (χ3v) is 2.28. The molecule has 0 aromatic rings. The molecule has 3 nitrogen and oxygen atoms in total. The Morgan fingerprint density at radius 2 is 2.56 bits per heavy atom. The number of piperazine rings is 1. The van der Waals surface area contributed by atoms with Crippen LogP contribution in [0.1, 0.15) is 6.92 Å². The van der Waals surface area contributed by atoms with Crippen molar-refractivity contribution >= 4 is 15.3 Å². The highest BCUT2D eigenvalue weighted by atomic mass is 31.0. The van der Waals surface area contributed by atoms with Crippen molar-refractivity contribution in [2.45, 2.75) is 13.0 Å². The van der Waals surface area contributed by atoms with Gasteiger partial charge in [-0.1, -0.05) is 0 Å². The molecular formula is C5H11N2OP. The minimum atomic E-state index is 0.152. The first-order chi connectivity index (χ1) is 4.22. The lowest BCUT2D eigenvalue weighted by Gasteiger charge is -2.29. The number of hydrogen-bond donors (Lipinski definition) is 1. The second kappa shape index (κ2) is 2.63. The molecule has 9 heavy (non-hydrogen) atoms. The summed E-state index contributed by atoms with van der Waals surface area (Å²) in [6.45, 7) is 3.39. The van der Waals surface area contributed by atoms with Crippen LogP contribution >= 0.6 is 9.39 Å². The van der Waals surface area contributed by atoms with Crippen LogP contribution in [-0.4, -0.2) is 29.7 Å². The molecule has 1 N–H and O–H groups in total. The number of amides is 1. The van der Waals surface area contributed by atoms with Gasteiger partial charge in [-0.2, -0.15) is 0 Å². The smallest absolute Gasteiger partial charge is 0.239 e. The van der Waals surface area contributed by atoms with Gasteiger partial charge in [-0.25, -0.2) is 0 Å². The minimum Gasteiger partial charge on any atom is -0.322 e. The highest BCUT2D eigenvalue weighted by molar-refractivity contribution is 7.14. The lowest BCUT2D eigenvalue weighted by molar-refractivity contribution is -0.128. The minimum absolute atomic E-state index is 0.152. The van der Waals surface area contributed by atoms with Gasteiger partial charge in [-0.05, 0) is 16.3 Å². The summed E-state index contributed by atoms with van der Waals surface area (Å²) in [5.41, 5.74) is 0. The van der Waals surface area contributed by atoms with Crippen LogP contribution in [-0.2, 0) is 4.79 Å². The zero-order valence-electron chi connectivity index (χ0n) is 5.42. The third-order valence-electron chi connectivity index (χ3n) is 1.48. The van der Waals surface area contributed by atoms with Crippen LogP contribution in [0.3, 0.4) is 0 Å². The molecule has 0 bridgehead atoms. The molecule has 2 unspecified atom stereocenters. The molecule has 1 aliphatic rings. The first-order valence-electron chi connectivity index (χ1n) is 2.99. The van der Waals surface area contributed by atoms with E-state index >= 15 is 0 Å². The molecule has 1 heterocycles. The molecule has 0 saturated carbocycles. The Hall–Kier alpha value is -0.140. The van der Waals surface area contributed by atoms with Gasteiger partial charge in [0.2, 0.25) is 5.91 Å². The molecule has 0 aromatic carbocycles. The molecule has 1 rings (SSSR count). The second-order valence-corrected chi connectivity index (χ2v) is 2.84. The van der Waals surface area contributed by atoms with E-state index in [1.807, 2.05) is 6.92 Å². The van der Waals surface area contributed by atoms with Gasteiger partial charge in [0.25, 0.3) is 0 Å². The lowest BCUT2D eigenvalue weighted by Crippen LogP contribution is -2.48. The summed E-state index contributed by atoms with van der Waals surface area (Å²) in [5, 5.41) is 3.01. The maximum Gasteiger partial charge on any atom is 0.239 e. The quantitative estimate of drug-likeness (QED) is 0.471. The lowest BCUT2D eigenvalue weighted by atomic mass is 10.3. The molecule has 1 aliphatic heterocycles. The summed E-state index contributed by atoms with van der Waals surface area (Å²) in [4.78, 5) is 10.8. The van der Waals surface area contributed by atoms with Crippen molar-refractivity contribution in [1.82, 2.24) is 9.99 Å². The van der Waals surface area contributed by atoms with Gasteiger partial charge in [0.05, 0.1) is 6.54 Å². The van der Waals surface area contributed by atoms with Gasteiger partial charge in [-0.3, -0.25) is 4.79 Å². The van der Waals surface area contributed by atoms with Crippen molar-refractivity contribution in [2.75, 3.05) is 13.1 Å². The summed E-state index contributed by atoms with van der Waals surface area (Å²) < 4.78 is 1.69. The number of rotatable bonds is 0. The molecule has 52 valence electrons. The summed E-state index contributed by atoms with van der Waals surface area (Å²) in [5.74, 6) is 0.152. The number of carbonyl (C=O) groups excluding carboxylic acids is 1. The van der Waals surface area contributed by atoms with E-state index in [0.717, 1.165) is 6.54 Å². The van der Waals surface area contributed by atoms with Gasteiger partial charge < -0.3 is 9.99 Å². The summed E-state index contributed by atoms with van der Waals surface area (Å²) in [6, 6.07) is 0.316. The zero-order valence-corrected chi connectivity index (χ0v) is 6.58. The van der Waals surface area contributed by atoms with E-state index < -0.39 is 0 Å². The molecule has 2 atom stereocenters. The molecule has 1 fully saturated rings. The molecule has 1 saturated heterocycles. The number of nitrogens with one attached hydrogen (secondary N) is 1. The molecule has 0 aliphatic carbocycles. The van der Waals surface area contributed by atoms with Crippen molar-refractivity contribution in [2.24, 2.45) is 0 Å². The highest BCUT2D eigenvalue weighted by Crippen LogP contribution is 2.08. The molecule has 0 radical (unpaired) electrons. The van der Waals surface area contributed by atoms with Crippen molar-refractivity contribution < 1.29 is 4.79 Å². The van der Waals surface area contributed by atoms with E-state index in [0.29, 0.717) is 12.6 Å². The summed E-state index contributed by atoms with van der Waals surface area (Å²) >= 11 is 0. The highest BCUT2D eigenvalue weighted by Gasteiger charge is 2.19. The Morgan fingerprint density at radius 1 is 1.89 bits per heavy atom. The van der Waals surface area contributed by atoms with Crippen LogP contribution < -0.4 is 5.32 Å². The van der Waals surface area contributed by atoms with E-state index in [9.17, 15) is 4.79 Å². The van der Waals surface area contributed by atoms with E-state index in [1.165, 1.54) is 0 Å². The molecule has 0 aromatic heterocycles. The van der Waals surface area contributed by atoms with Gasteiger partial charge >= 0.3 is 0 Å². The SMILES string of the molecule is CC1CNCC(=O)N1P.